The van der Waals surface area contributed by atoms with E-state index in [0.717, 1.165) is 0 Å². The van der Waals surface area contributed by atoms with Crippen LogP contribution in [0, 0.1) is 0 Å². The first-order valence-electron chi connectivity index (χ1n) is 6.90. The van der Waals surface area contributed by atoms with Gasteiger partial charge in [-0.05, 0) is 38.1 Å². The maximum absolute atomic E-state index is 12.2. The molecule has 2 rings (SSSR count). The number of benzene rings is 1. The van der Waals surface area contributed by atoms with Gasteiger partial charge in [0.2, 0.25) is 11.8 Å². The van der Waals surface area contributed by atoms with Crippen molar-refractivity contribution in [3.8, 4) is 0 Å². The summed E-state index contributed by atoms with van der Waals surface area (Å²) in [6.45, 7) is 4.72. The second-order valence-corrected chi connectivity index (χ2v) is 5.12. The first kappa shape index (κ1) is 15.2. The molecule has 1 unspecified atom stereocenters. The Hall–Kier alpha value is -2.21. The molecule has 2 N–H and O–H groups in total. The number of piperazine rings is 1. The number of ketones is 1. The van der Waals surface area contributed by atoms with Crippen LogP contribution < -0.4 is 10.6 Å². The largest absolute Gasteiger partial charge is 0.354 e. The lowest BCUT2D eigenvalue weighted by Gasteiger charge is -2.31. The highest BCUT2D eigenvalue weighted by Gasteiger charge is 2.25. The Labute approximate surface area is 123 Å². The highest BCUT2D eigenvalue weighted by atomic mass is 16.2. The summed E-state index contributed by atoms with van der Waals surface area (Å²) < 4.78 is 0. The number of anilines is 1. The molecule has 1 fully saturated rings. The van der Waals surface area contributed by atoms with E-state index >= 15 is 0 Å². The van der Waals surface area contributed by atoms with Crippen molar-refractivity contribution in [2.24, 2.45) is 0 Å². The Kier molecular flexibility index (Phi) is 4.70. The molecule has 1 saturated heterocycles. The van der Waals surface area contributed by atoms with Crippen LogP contribution in [-0.2, 0) is 9.59 Å². The Morgan fingerprint density at radius 1 is 1.29 bits per heavy atom. The summed E-state index contributed by atoms with van der Waals surface area (Å²) in [5.41, 5.74) is 1.24. The van der Waals surface area contributed by atoms with Crippen molar-refractivity contribution in [1.29, 1.82) is 0 Å². The van der Waals surface area contributed by atoms with Gasteiger partial charge >= 0.3 is 0 Å². The van der Waals surface area contributed by atoms with Crippen molar-refractivity contribution in [2.75, 3.05) is 25.0 Å². The zero-order valence-electron chi connectivity index (χ0n) is 12.2. The van der Waals surface area contributed by atoms with Crippen molar-refractivity contribution < 1.29 is 14.4 Å². The van der Waals surface area contributed by atoms with Gasteiger partial charge in [-0.25, -0.2) is 0 Å². The van der Waals surface area contributed by atoms with Crippen LogP contribution in [0.2, 0.25) is 0 Å². The molecule has 1 aliphatic rings. The lowest BCUT2D eigenvalue weighted by molar-refractivity contribution is -0.127. The number of carbonyl (C=O) groups is 3. The maximum atomic E-state index is 12.2. The number of hydrogen-bond acceptors (Lipinski definition) is 4. The fourth-order valence-electron chi connectivity index (χ4n) is 2.19. The third-order valence-electron chi connectivity index (χ3n) is 3.55. The van der Waals surface area contributed by atoms with Gasteiger partial charge in [0.1, 0.15) is 0 Å². The molecule has 0 aromatic heterocycles. The summed E-state index contributed by atoms with van der Waals surface area (Å²) >= 11 is 0. The molecule has 2 amide bonds. The predicted octanol–water partition coefficient (Wildman–Crippen LogP) is 0.648. The molecule has 21 heavy (non-hydrogen) atoms. The Balaban J connectivity index is 1.96. The fourth-order valence-corrected chi connectivity index (χ4v) is 2.19. The molecule has 0 saturated carbocycles. The number of amides is 2. The summed E-state index contributed by atoms with van der Waals surface area (Å²) in [6, 6.07) is 6.37. The van der Waals surface area contributed by atoms with Crippen LogP contribution in [0.25, 0.3) is 0 Å². The maximum Gasteiger partial charge on any atom is 0.241 e. The molecule has 0 bridgehead atoms. The number of nitrogens with one attached hydrogen (secondary N) is 2. The van der Waals surface area contributed by atoms with Crippen LogP contribution in [0.3, 0.4) is 0 Å². The summed E-state index contributed by atoms with van der Waals surface area (Å²) in [5, 5.41) is 5.52. The van der Waals surface area contributed by atoms with Gasteiger partial charge in [0.05, 0.1) is 12.6 Å². The average molecular weight is 289 g/mol. The van der Waals surface area contributed by atoms with Crippen molar-refractivity contribution in [1.82, 2.24) is 10.2 Å². The monoisotopic (exact) mass is 289 g/mol. The van der Waals surface area contributed by atoms with E-state index in [-0.39, 0.29) is 30.2 Å². The van der Waals surface area contributed by atoms with Gasteiger partial charge in [0.15, 0.2) is 5.78 Å². The van der Waals surface area contributed by atoms with Gasteiger partial charge in [-0.1, -0.05) is 0 Å². The average Bonchev–Trinajstić information content (AvgIpc) is 2.47. The second kappa shape index (κ2) is 6.49. The highest BCUT2D eigenvalue weighted by Crippen LogP contribution is 2.12. The lowest BCUT2D eigenvalue weighted by atomic mass is 10.1. The van der Waals surface area contributed by atoms with Gasteiger partial charge in [-0.15, -0.1) is 0 Å². The number of Topliss-reactive ketones (excluding diaryl/α,β-unsaturated/α-hetero) is 1. The van der Waals surface area contributed by atoms with Crippen LogP contribution in [-0.4, -0.2) is 48.2 Å². The molecule has 1 aromatic carbocycles. The molecule has 0 radical (unpaired) electrons. The molecule has 1 atom stereocenters. The van der Waals surface area contributed by atoms with Crippen molar-refractivity contribution >= 4 is 23.3 Å². The molecule has 6 heteroatoms. The summed E-state index contributed by atoms with van der Waals surface area (Å²) in [6.07, 6.45) is 0. The van der Waals surface area contributed by atoms with Crippen LogP contribution in [0.15, 0.2) is 24.3 Å². The molecule has 1 aliphatic heterocycles. The van der Waals surface area contributed by atoms with Crippen molar-refractivity contribution in [2.45, 2.75) is 19.9 Å². The number of carbonyl (C=O) groups excluding carboxylic acids is 3. The van der Waals surface area contributed by atoms with Crippen LogP contribution in [0.1, 0.15) is 24.2 Å². The molecule has 1 aromatic rings. The Morgan fingerprint density at radius 3 is 2.52 bits per heavy atom. The van der Waals surface area contributed by atoms with E-state index in [2.05, 4.69) is 10.6 Å². The van der Waals surface area contributed by atoms with Gasteiger partial charge in [0.25, 0.3) is 0 Å². The molecule has 0 aliphatic carbocycles. The minimum atomic E-state index is -0.386. The Morgan fingerprint density at radius 2 is 1.95 bits per heavy atom. The Bertz CT molecular complexity index is 554. The number of rotatable bonds is 4. The van der Waals surface area contributed by atoms with Gasteiger partial charge < -0.3 is 10.6 Å². The van der Waals surface area contributed by atoms with Gasteiger partial charge in [-0.3, -0.25) is 19.3 Å². The smallest absolute Gasteiger partial charge is 0.241 e. The van der Waals surface area contributed by atoms with Crippen LogP contribution in [0.5, 0.6) is 0 Å². The van der Waals surface area contributed by atoms with Crippen LogP contribution in [0.4, 0.5) is 5.69 Å². The van der Waals surface area contributed by atoms with E-state index in [1.807, 2.05) is 4.90 Å². The fraction of sp³-hybridized carbons (Fsp3) is 0.400. The SMILES string of the molecule is CC(=O)c1ccc(NC(=O)C(C)N2CCNC(=O)C2)cc1. The molecular weight excluding hydrogens is 270 g/mol. The summed E-state index contributed by atoms with van der Waals surface area (Å²) in [7, 11) is 0. The molecule has 0 spiro atoms. The minimum Gasteiger partial charge on any atom is -0.354 e. The topological polar surface area (TPSA) is 78.5 Å². The third kappa shape index (κ3) is 3.88. The van der Waals surface area contributed by atoms with Gasteiger partial charge in [0, 0.05) is 24.3 Å². The van der Waals surface area contributed by atoms with E-state index in [9.17, 15) is 14.4 Å². The molecule has 112 valence electrons. The molecular formula is C15H19N3O3. The standard InChI is InChI=1S/C15H19N3O3/c1-10(18-8-7-16-14(20)9-18)15(21)17-13-5-3-12(4-6-13)11(2)19/h3-6,10H,7-9H2,1-2H3,(H,16,20)(H,17,21). The van der Waals surface area contributed by atoms with E-state index in [0.29, 0.717) is 24.3 Å². The predicted molar refractivity (Wildman–Crippen MR) is 79.1 cm³/mol. The second-order valence-electron chi connectivity index (χ2n) is 5.12. The zero-order valence-corrected chi connectivity index (χ0v) is 12.2. The quantitative estimate of drug-likeness (QED) is 0.798. The van der Waals surface area contributed by atoms with Crippen molar-refractivity contribution in [3.63, 3.8) is 0 Å². The van der Waals surface area contributed by atoms with E-state index in [4.69, 9.17) is 0 Å². The van der Waals surface area contributed by atoms with Crippen molar-refractivity contribution in [3.05, 3.63) is 29.8 Å². The lowest BCUT2D eigenvalue weighted by Crippen LogP contribution is -2.53. The zero-order chi connectivity index (χ0) is 15.4. The normalized spacial score (nSPS) is 17.0. The van der Waals surface area contributed by atoms with Gasteiger partial charge in [-0.2, -0.15) is 0 Å². The first-order valence-corrected chi connectivity index (χ1v) is 6.90. The minimum absolute atomic E-state index is 0.0134. The first-order chi connectivity index (χ1) is 9.97. The number of nitrogens with zero attached hydrogens (tertiary/aromatic N) is 1. The highest BCUT2D eigenvalue weighted by molar-refractivity contribution is 5.97. The molecule has 1 heterocycles. The third-order valence-corrected chi connectivity index (χ3v) is 3.55. The van der Waals surface area contributed by atoms with E-state index < -0.39 is 0 Å². The van der Waals surface area contributed by atoms with E-state index in [1.165, 1.54) is 6.92 Å². The number of hydrogen-bond donors (Lipinski definition) is 2. The summed E-state index contributed by atoms with van der Waals surface area (Å²) in [5.74, 6) is -0.243. The summed E-state index contributed by atoms with van der Waals surface area (Å²) in [4.78, 5) is 36.6. The van der Waals surface area contributed by atoms with E-state index in [1.54, 1.807) is 31.2 Å². The molecule has 6 nitrogen and oxygen atoms in total. The van der Waals surface area contributed by atoms with Crippen LogP contribution >= 0.6 is 0 Å².